The van der Waals surface area contributed by atoms with Crippen molar-refractivity contribution in [2.75, 3.05) is 11.4 Å². The van der Waals surface area contributed by atoms with Crippen LogP contribution in [0.2, 0.25) is 0 Å². The predicted octanol–water partition coefficient (Wildman–Crippen LogP) is 2.28. The first-order valence-electron chi connectivity index (χ1n) is 8.49. The molecule has 1 heterocycles. The van der Waals surface area contributed by atoms with E-state index in [9.17, 15) is 13.2 Å². The third-order valence-corrected chi connectivity index (χ3v) is 6.96. The molecule has 3 fully saturated rings. The zero-order valence-corrected chi connectivity index (χ0v) is 13.9. The summed E-state index contributed by atoms with van der Waals surface area (Å²) in [6.45, 7) is 0.717. The van der Waals surface area contributed by atoms with E-state index in [0.29, 0.717) is 24.8 Å². The molecule has 2 aliphatic carbocycles. The van der Waals surface area contributed by atoms with Crippen molar-refractivity contribution in [1.82, 2.24) is 4.72 Å². The van der Waals surface area contributed by atoms with Gasteiger partial charge in [-0.3, -0.25) is 4.79 Å². The lowest BCUT2D eigenvalue weighted by molar-refractivity contribution is -0.117. The Bertz CT molecular complexity index is 702. The summed E-state index contributed by atoms with van der Waals surface area (Å²) in [5, 5.41) is 0. The highest BCUT2D eigenvalue weighted by Crippen LogP contribution is 2.50. The van der Waals surface area contributed by atoms with Gasteiger partial charge < -0.3 is 4.90 Å². The second-order valence-electron chi connectivity index (χ2n) is 6.90. The summed E-state index contributed by atoms with van der Waals surface area (Å²) >= 11 is 0. The number of sulfonamides is 1. The first-order valence-corrected chi connectivity index (χ1v) is 9.97. The molecule has 2 atom stereocenters. The van der Waals surface area contributed by atoms with E-state index in [1.54, 1.807) is 29.2 Å². The number of nitrogens with one attached hydrogen (secondary N) is 1. The minimum atomic E-state index is -3.46. The van der Waals surface area contributed by atoms with Gasteiger partial charge in [-0.1, -0.05) is 12.8 Å². The molecule has 0 spiro atoms. The first kappa shape index (κ1) is 15.1. The number of carbonyl (C=O) groups excluding carboxylic acids is 1. The van der Waals surface area contributed by atoms with E-state index in [0.717, 1.165) is 24.9 Å². The maximum Gasteiger partial charge on any atom is 0.240 e. The minimum absolute atomic E-state index is 0.112. The van der Waals surface area contributed by atoms with E-state index in [-0.39, 0.29) is 16.8 Å². The Morgan fingerprint density at radius 1 is 1.00 bits per heavy atom. The molecule has 0 bridgehead atoms. The molecule has 124 valence electrons. The molecular formula is C17H22N2O3S. The summed E-state index contributed by atoms with van der Waals surface area (Å²) in [5.41, 5.74) is 0.784. The number of anilines is 1. The molecule has 3 aliphatic rings. The standard InChI is InChI=1S/C17H22N2O3S/c20-16-6-3-11-19(16)12-7-9-13(10-8-12)23(21,22)18-17-14-4-1-2-5-15(14)17/h7-10,14-15,17-18H,1-6,11H2/t14-,15-/m1/s1. The third kappa shape index (κ3) is 2.78. The lowest BCUT2D eigenvalue weighted by Gasteiger charge is -2.16. The van der Waals surface area contributed by atoms with E-state index < -0.39 is 10.0 Å². The average molecular weight is 334 g/mol. The molecule has 1 aromatic carbocycles. The average Bonchev–Trinajstić information content (AvgIpc) is 3.05. The van der Waals surface area contributed by atoms with Gasteiger partial charge in [0.2, 0.25) is 15.9 Å². The number of fused-ring (bicyclic) bond motifs is 1. The van der Waals surface area contributed by atoms with Gasteiger partial charge in [0.05, 0.1) is 4.90 Å². The van der Waals surface area contributed by atoms with Gasteiger partial charge in [-0.15, -0.1) is 0 Å². The molecule has 6 heteroatoms. The maximum atomic E-state index is 12.5. The number of benzene rings is 1. The highest BCUT2D eigenvalue weighted by Gasteiger charge is 2.52. The van der Waals surface area contributed by atoms with Crippen molar-refractivity contribution in [3.05, 3.63) is 24.3 Å². The van der Waals surface area contributed by atoms with Gasteiger partial charge in [0.15, 0.2) is 0 Å². The van der Waals surface area contributed by atoms with Gasteiger partial charge in [-0.2, -0.15) is 0 Å². The van der Waals surface area contributed by atoms with Crippen LogP contribution in [0.1, 0.15) is 38.5 Å². The van der Waals surface area contributed by atoms with Crippen LogP contribution in [0.15, 0.2) is 29.2 Å². The molecule has 0 unspecified atom stereocenters. The Hall–Kier alpha value is -1.40. The number of amides is 1. The van der Waals surface area contributed by atoms with Crippen molar-refractivity contribution in [2.24, 2.45) is 11.8 Å². The smallest absolute Gasteiger partial charge is 0.240 e. The Morgan fingerprint density at radius 2 is 1.65 bits per heavy atom. The molecule has 2 saturated carbocycles. The molecular weight excluding hydrogens is 312 g/mol. The van der Waals surface area contributed by atoms with Crippen molar-refractivity contribution < 1.29 is 13.2 Å². The van der Waals surface area contributed by atoms with Crippen LogP contribution in [0.4, 0.5) is 5.69 Å². The molecule has 1 saturated heterocycles. The number of carbonyl (C=O) groups is 1. The van der Waals surface area contributed by atoms with Gasteiger partial charge in [0.1, 0.15) is 0 Å². The van der Waals surface area contributed by atoms with Crippen molar-refractivity contribution in [2.45, 2.75) is 49.5 Å². The molecule has 0 radical (unpaired) electrons. The van der Waals surface area contributed by atoms with Crippen molar-refractivity contribution in [1.29, 1.82) is 0 Å². The summed E-state index contributed by atoms with van der Waals surface area (Å²) in [4.78, 5) is 13.8. The van der Waals surface area contributed by atoms with Crippen LogP contribution in [0.5, 0.6) is 0 Å². The minimum Gasteiger partial charge on any atom is -0.312 e. The fourth-order valence-corrected chi connectivity index (χ4v) is 5.48. The summed E-state index contributed by atoms with van der Waals surface area (Å²) in [6.07, 6.45) is 6.18. The van der Waals surface area contributed by atoms with E-state index in [4.69, 9.17) is 0 Å². The Kier molecular flexibility index (Phi) is 3.69. The van der Waals surface area contributed by atoms with Gasteiger partial charge in [-0.25, -0.2) is 13.1 Å². The molecule has 0 aromatic heterocycles. The van der Waals surface area contributed by atoms with Gasteiger partial charge in [0, 0.05) is 24.7 Å². The topological polar surface area (TPSA) is 66.5 Å². The van der Waals surface area contributed by atoms with Crippen molar-refractivity contribution in [3.63, 3.8) is 0 Å². The van der Waals surface area contributed by atoms with Crippen LogP contribution in [0.25, 0.3) is 0 Å². The lowest BCUT2D eigenvalue weighted by atomic mass is 10.0. The van der Waals surface area contributed by atoms with Gasteiger partial charge >= 0.3 is 0 Å². The molecule has 1 amide bonds. The summed E-state index contributed by atoms with van der Waals surface area (Å²) in [5.74, 6) is 1.20. The van der Waals surface area contributed by atoms with Crippen LogP contribution in [0, 0.1) is 11.8 Å². The maximum absolute atomic E-state index is 12.5. The fraction of sp³-hybridized carbons (Fsp3) is 0.588. The van der Waals surface area contributed by atoms with Crippen LogP contribution < -0.4 is 9.62 Å². The largest absolute Gasteiger partial charge is 0.312 e. The van der Waals surface area contributed by atoms with Gasteiger partial charge in [0.25, 0.3) is 0 Å². The summed E-state index contributed by atoms with van der Waals surface area (Å²) in [7, 11) is -3.46. The second-order valence-corrected chi connectivity index (χ2v) is 8.62. The molecule has 1 N–H and O–H groups in total. The zero-order valence-electron chi connectivity index (χ0n) is 13.1. The predicted molar refractivity (Wildman–Crippen MR) is 87.6 cm³/mol. The molecule has 4 rings (SSSR count). The number of hydrogen-bond acceptors (Lipinski definition) is 3. The Labute approximate surface area is 137 Å². The van der Waals surface area contributed by atoms with Crippen LogP contribution in [-0.2, 0) is 14.8 Å². The highest BCUT2D eigenvalue weighted by molar-refractivity contribution is 7.89. The fourth-order valence-electron chi connectivity index (χ4n) is 4.14. The SMILES string of the molecule is O=C1CCCN1c1ccc(S(=O)(=O)NC2[C@@H]3CCCC[C@@H]23)cc1. The van der Waals surface area contributed by atoms with Crippen LogP contribution >= 0.6 is 0 Å². The molecule has 5 nitrogen and oxygen atoms in total. The molecule has 1 aromatic rings. The van der Waals surface area contributed by atoms with E-state index in [1.807, 2.05) is 0 Å². The number of nitrogens with zero attached hydrogens (tertiary/aromatic N) is 1. The van der Waals surface area contributed by atoms with Crippen molar-refractivity contribution in [3.8, 4) is 0 Å². The quantitative estimate of drug-likeness (QED) is 0.918. The summed E-state index contributed by atoms with van der Waals surface area (Å²) in [6, 6.07) is 6.81. The van der Waals surface area contributed by atoms with Crippen LogP contribution in [0.3, 0.4) is 0 Å². The lowest BCUT2D eigenvalue weighted by Crippen LogP contribution is -2.28. The van der Waals surface area contributed by atoms with Crippen molar-refractivity contribution >= 4 is 21.6 Å². The molecule has 23 heavy (non-hydrogen) atoms. The Balaban J connectivity index is 1.47. The van der Waals surface area contributed by atoms with Crippen LogP contribution in [-0.4, -0.2) is 26.9 Å². The normalized spacial score (nSPS) is 30.3. The van der Waals surface area contributed by atoms with E-state index in [1.165, 1.54) is 12.8 Å². The third-order valence-electron chi connectivity index (χ3n) is 5.48. The van der Waals surface area contributed by atoms with E-state index in [2.05, 4.69) is 4.72 Å². The molecule has 1 aliphatic heterocycles. The number of hydrogen-bond donors (Lipinski definition) is 1. The Morgan fingerprint density at radius 3 is 2.22 bits per heavy atom. The van der Waals surface area contributed by atoms with Gasteiger partial charge in [-0.05, 0) is 55.4 Å². The second kappa shape index (κ2) is 5.60. The highest BCUT2D eigenvalue weighted by atomic mass is 32.2. The number of rotatable bonds is 4. The van der Waals surface area contributed by atoms with E-state index >= 15 is 0 Å². The monoisotopic (exact) mass is 334 g/mol. The summed E-state index contributed by atoms with van der Waals surface area (Å²) < 4.78 is 27.9. The zero-order chi connectivity index (χ0) is 16.0. The first-order chi connectivity index (χ1) is 11.1.